The Labute approximate surface area is 157 Å². The standard InChI is InChI=1S/C17H34N4O4S/c1-17(2,3)25-16(22)20-9-7-14(12-20)15(19-18)10-13-6-5-8-21(11-13)26(4,23)24/h13-15,19H,5-12,18H2,1-4H3. The zero-order valence-corrected chi connectivity index (χ0v) is 17.2. The smallest absolute Gasteiger partial charge is 0.410 e. The van der Waals surface area contributed by atoms with Crippen LogP contribution >= 0.6 is 0 Å². The predicted octanol–water partition coefficient (Wildman–Crippen LogP) is 1.14. The lowest BCUT2D eigenvalue weighted by molar-refractivity contribution is 0.0284. The third-order valence-corrected chi connectivity index (χ3v) is 6.47. The van der Waals surface area contributed by atoms with Crippen LogP contribution in [0.5, 0.6) is 0 Å². The number of carbonyl (C=O) groups excluding carboxylic acids is 1. The van der Waals surface area contributed by atoms with Crippen LogP contribution in [0.15, 0.2) is 0 Å². The number of rotatable bonds is 5. The minimum absolute atomic E-state index is 0.0620. The van der Waals surface area contributed by atoms with E-state index in [0.29, 0.717) is 26.2 Å². The molecule has 3 atom stereocenters. The van der Waals surface area contributed by atoms with Crippen LogP contribution in [0.25, 0.3) is 0 Å². The summed E-state index contributed by atoms with van der Waals surface area (Å²) in [6, 6.07) is 0.0620. The Morgan fingerprint density at radius 1 is 1.27 bits per heavy atom. The number of hydrogen-bond donors (Lipinski definition) is 2. The summed E-state index contributed by atoms with van der Waals surface area (Å²) in [5.41, 5.74) is 2.40. The molecule has 0 aromatic heterocycles. The van der Waals surface area contributed by atoms with Gasteiger partial charge in [-0.2, -0.15) is 0 Å². The molecule has 0 aliphatic carbocycles. The third-order valence-electron chi connectivity index (χ3n) is 5.20. The van der Waals surface area contributed by atoms with Crippen LogP contribution < -0.4 is 11.3 Å². The van der Waals surface area contributed by atoms with Gasteiger partial charge in [-0.25, -0.2) is 17.5 Å². The molecule has 8 nitrogen and oxygen atoms in total. The van der Waals surface area contributed by atoms with Crippen molar-refractivity contribution in [3.05, 3.63) is 0 Å². The van der Waals surface area contributed by atoms with Gasteiger partial charge in [-0.05, 0) is 58.3 Å². The average Bonchev–Trinajstić information content (AvgIpc) is 3.00. The van der Waals surface area contributed by atoms with Gasteiger partial charge in [-0.15, -0.1) is 0 Å². The maximum Gasteiger partial charge on any atom is 0.410 e. The molecule has 3 N–H and O–H groups in total. The fourth-order valence-corrected chi connectivity index (χ4v) is 4.83. The molecule has 2 rings (SSSR count). The van der Waals surface area contributed by atoms with E-state index in [2.05, 4.69) is 5.43 Å². The third kappa shape index (κ3) is 6.07. The number of piperidine rings is 1. The highest BCUT2D eigenvalue weighted by Crippen LogP contribution is 2.29. The minimum atomic E-state index is -3.15. The number of nitrogens with two attached hydrogens (primary N) is 1. The van der Waals surface area contributed by atoms with E-state index >= 15 is 0 Å². The number of amides is 1. The molecule has 26 heavy (non-hydrogen) atoms. The van der Waals surface area contributed by atoms with Crippen molar-refractivity contribution in [3.8, 4) is 0 Å². The number of sulfonamides is 1. The molecule has 9 heteroatoms. The highest BCUT2D eigenvalue weighted by Gasteiger charge is 2.36. The first-order valence-corrected chi connectivity index (χ1v) is 11.2. The first-order valence-electron chi connectivity index (χ1n) is 9.39. The summed E-state index contributed by atoms with van der Waals surface area (Å²) in [7, 11) is -3.15. The van der Waals surface area contributed by atoms with Gasteiger partial charge in [-0.1, -0.05) is 0 Å². The van der Waals surface area contributed by atoms with E-state index in [1.165, 1.54) is 6.26 Å². The van der Waals surface area contributed by atoms with Crippen LogP contribution in [0, 0.1) is 11.8 Å². The van der Waals surface area contributed by atoms with Gasteiger partial charge in [0.05, 0.1) is 6.26 Å². The van der Waals surface area contributed by atoms with Crippen LogP contribution in [-0.4, -0.2) is 67.8 Å². The largest absolute Gasteiger partial charge is 0.444 e. The summed E-state index contributed by atoms with van der Waals surface area (Å²) in [6.45, 7) is 8.02. The average molecular weight is 391 g/mol. The van der Waals surface area contributed by atoms with Gasteiger partial charge >= 0.3 is 6.09 Å². The molecule has 1 amide bonds. The molecule has 2 fully saturated rings. The fraction of sp³-hybridized carbons (Fsp3) is 0.941. The summed E-state index contributed by atoms with van der Waals surface area (Å²) in [4.78, 5) is 14.0. The van der Waals surface area contributed by atoms with Gasteiger partial charge in [0.25, 0.3) is 0 Å². The maximum atomic E-state index is 12.2. The van der Waals surface area contributed by atoms with Crippen LogP contribution in [0.2, 0.25) is 0 Å². The SMILES string of the molecule is CC(C)(C)OC(=O)N1CCC(C(CC2CCCN(S(C)(=O)=O)C2)NN)C1. The van der Waals surface area contributed by atoms with Crippen molar-refractivity contribution in [2.75, 3.05) is 32.4 Å². The van der Waals surface area contributed by atoms with Crippen LogP contribution in [0.1, 0.15) is 46.5 Å². The molecule has 3 unspecified atom stereocenters. The van der Waals surface area contributed by atoms with Gasteiger partial charge in [0.1, 0.15) is 5.60 Å². The van der Waals surface area contributed by atoms with E-state index in [1.54, 1.807) is 9.21 Å². The summed E-state index contributed by atoms with van der Waals surface area (Å²) < 4.78 is 30.6. The summed E-state index contributed by atoms with van der Waals surface area (Å²) in [5.74, 6) is 6.34. The Hall–Kier alpha value is -0.900. The molecular formula is C17H34N4O4S. The monoisotopic (exact) mass is 390 g/mol. The normalized spacial score (nSPS) is 26.7. The zero-order chi connectivity index (χ0) is 19.5. The van der Waals surface area contributed by atoms with Crippen molar-refractivity contribution in [2.24, 2.45) is 17.7 Å². The predicted molar refractivity (Wildman–Crippen MR) is 101 cm³/mol. The van der Waals surface area contributed by atoms with E-state index in [-0.39, 0.29) is 24.0 Å². The number of nitrogens with zero attached hydrogens (tertiary/aromatic N) is 2. The van der Waals surface area contributed by atoms with E-state index in [1.807, 2.05) is 20.8 Å². The second-order valence-electron chi connectivity index (χ2n) is 8.61. The molecule has 152 valence electrons. The van der Waals surface area contributed by atoms with Crippen molar-refractivity contribution in [1.82, 2.24) is 14.6 Å². The summed E-state index contributed by atoms with van der Waals surface area (Å²) in [5, 5.41) is 0. The van der Waals surface area contributed by atoms with Crippen molar-refractivity contribution in [1.29, 1.82) is 0 Å². The molecular weight excluding hydrogens is 356 g/mol. The number of ether oxygens (including phenoxy) is 1. The molecule has 0 aromatic rings. The Bertz CT molecular complexity index is 590. The fourth-order valence-electron chi connectivity index (χ4n) is 3.88. The van der Waals surface area contributed by atoms with Crippen molar-refractivity contribution >= 4 is 16.1 Å². The van der Waals surface area contributed by atoms with Gasteiger partial charge < -0.3 is 9.64 Å². The Kier molecular flexibility index (Phi) is 6.92. The lowest BCUT2D eigenvalue weighted by Crippen LogP contribution is -2.46. The van der Waals surface area contributed by atoms with E-state index in [4.69, 9.17) is 10.6 Å². The second-order valence-corrected chi connectivity index (χ2v) is 10.6. The highest BCUT2D eigenvalue weighted by molar-refractivity contribution is 7.88. The van der Waals surface area contributed by atoms with E-state index in [9.17, 15) is 13.2 Å². The van der Waals surface area contributed by atoms with E-state index < -0.39 is 15.6 Å². The van der Waals surface area contributed by atoms with Crippen molar-refractivity contribution in [2.45, 2.75) is 58.1 Å². The molecule has 0 bridgehead atoms. The molecule has 0 saturated carbocycles. The maximum absolute atomic E-state index is 12.2. The van der Waals surface area contributed by atoms with Gasteiger partial charge in [0, 0.05) is 32.2 Å². The molecule has 0 radical (unpaired) electrons. The number of hydrogen-bond acceptors (Lipinski definition) is 6. The Morgan fingerprint density at radius 2 is 1.96 bits per heavy atom. The number of hydrazine groups is 1. The first-order chi connectivity index (χ1) is 12.0. The van der Waals surface area contributed by atoms with Gasteiger partial charge in [0.2, 0.25) is 10.0 Å². The highest BCUT2D eigenvalue weighted by atomic mass is 32.2. The zero-order valence-electron chi connectivity index (χ0n) is 16.4. The second kappa shape index (κ2) is 8.41. The minimum Gasteiger partial charge on any atom is -0.444 e. The molecule has 2 aliphatic rings. The Balaban J connectivity index is 1.90. The lowest BCUT2D eigenvalue weighted by Gasteiger charge is -2.34. The van der Waals surface area contributed by atoms with Crippen molar-refractivity contribution in [3.63, 3.8) is 0 Å². The molecule has 0 aromatic carbocycles. The van der Waals surface area contributed by atoms with Crippen LogP contribution in [0.4, 0.5) is 4.79 Å². The molecule has 2 saturated heterocycles. The van der Waals surface area contributed by atoms with Crippen LogP contribution in [-0.2, 0) is 14.8 Å². The summed E-state index contributed by atoms with van der Waals surface area (Å²) >= 11 is 0. The van der Waals surface area contributed by atoms with Crippen LogP contribution in [0.3, 0.4) is 0 Å². The lowest BCUT2D eigenvalue weighted by atomic mass is 9.86. The van der Waals surface area contributed by atoms with E-state index in [0.717, 1.165) is 25.7 Å². The molecule has 0 spiro atoms. The number of carbonyl (C=O) groups is 1. The molecule has 2 heterocycles. The quantitative estimate of drug-likeness (QED) is 0.539. The first kappa shape index (κ1) is 21.4. The van der Waals surface area contributed by atoms with Crippen molar-refractivity contribution < 1.29 is 17.9 Å². The van der Waals surface area contributed by atoms with Gasteiger partial charge in [-0.3, -0.25) is 11.3 Å². The van der Waals surface area contributed by atoms with Gasteiger partial charge in [0.15, 0.2) is 0 Å². The topological polar surface area (TPSA) is 105 Å². The number of likely N-dealkylation sites (tertiary alicyclic amines) is 1. The Morgan fingerprint density at radius 3 is 2.54 bits per heavy atom. The molecule has 2 aliphatic heterocycles. The summed E-state index contributed by atoms with van der Waals surface area (Å²) in [6.07, 6.45) is 4.56. The number of nitrogens with one attached hydrogen (secondary N) is 1.